The van der Waals surface area contributed by atoms with Crippen LogP contribution in [0.1, 0.15) is 26.7 Å². The van der Waals surface area contributed by atoms with Gasteiger partial charge in [-0.05, 0) is 60.9 Å². The van der Waals surface area contributed by atoms with Crippen LogP contribution in [-0.2, 0) is 4.79 Å². The first-order valence-corrected chi connectivity index (χ1v) is 13.8. The number of piperidine rings is 1. The highest BCUT2D eigenvalue weighted by Crippen LogP contribution is 2.30. The van der Waals surface area contributed by atoms with Crippen LogP contribution in [0.25, 0.3) is 22.0 Å². The third-order valence-electron chi connectivity index (χ3n) is 6.74. The average Bonchev–Trinajstić information content (AvgIpc) is 3.00. The number of hydrogen-bond donors (Lipinski definition) is 3. The Labute approximate surface area is 235 Å². The number of fused-ring (bicyclic) bond motifs is 1. The minimum Gasteiger partial charge on any atom is -0.382 e. The summed E-state index contributed by atoms with van der Waals surface area (Å²) in [6.45, 7) is 9.62. The highest BCUT2D eigenvalue weighted by molar-refractivity contribution is 6.00. The Kier molecular flexibility index (Phi) is 10.2. The predicted molar refractivity (Wildman–Crippen MR) is 164 cm³/mol. The van der Waals surface area contributed by atoms with Crippen LogP contribution in [0.5, 0.6) is 0 Å². The van der Waals surface area contributed by atoms with Crippen LogP contribution in [-0.4, -0.2) is 53.1 Å². The first-order chi connectivity index (χ1) is 19.6. The molecule has 0 saturated carbocycles. The topological polar surface area (TPSA) is 82.2 Å². The second-order valence-electron chi connectivity index (χ2n) is 9.36. The van der Waals surface area contributed by atoms with E-state index < -0.39 is 0 Å². The number of halogens is 1. The van der Waals surface area contributed by atoms with Gasteiger partial charge in [0.05, 0.1) is 5.52 Å². The zero-order valence-electron chi connectivity index (χ0n) is 23.2. The summed E-state index contributed by atoms with van der Waals surface area (Å²) in [5, 5.41) is 10.6. The molecule has 1 fully saturated rings. The summed E-state index contributed by atoms with van der Waals surface area (Å²) in [4.78, 5) is 23.2. The van der Waals surface area contributed by atoms with E-state index >= 15 is 0 Å². The van der Waals surface area contributed by atoms with E-state index in [0.29, 0.717) is 24.2 Å². The zero-order valence-corrected chi connectivity index (χ0v) is 23.2. The highest BCUT2D eigenvalue weighted by atomic mass is 19.1. The van der Waals surface area contributed by atoms with Crippen LogP contribution in [0.4, 0.5) is 27.4 Å². The first-order valence-electron chi connectivity index (χ1n) is 13.8. The summed E-state index contributed by atoms with van der Waals surface area (Å²) in [6, 6.07) is 22.1. The fourth-order valence-electron chi connectivity index (χ4n) is 4.74. The van der Waals surface area contributed by atoms with Crippen molar-refractivity contribution in [3.8, 4) is 11.1 Å². The van der Waals surface area contributed by atoms with Crippen LogP contribution in [0.3, 0.4) is 0 Å². The molecule has 1 aliphatic heterocycles. The third-order valence-corrected chi connectivity index (χ3v) is 6.74. The molecular formula is C32H37FN6O. The Bertz CT molecular complexity index is 1420. The molecular weight excluding hydrogens is 503 g/mol. The van der Waals surface area contributed by atoms with Crippen molar-refractivity contribution in [3.63, 3.8) is 0 Å². The van der Waals surface area contributed by atoms with E-state index in [1.165, 1.54) is 6.08 Å². The van der Waals surface area contributed by atoms with Crippen LogP contribution in [0.15, 0.2) is 85.6 Å². The molecule has 7 nitrogen and oxygen atoms in total. The van der Waals surface area contributed by atoms with Gasteiger partial charge in [0, 0.05) is 59.9 Å². The van der Waals surface area contributed by atoms with E-state index in [1.54, 1.807) is 0 Å². The van der Waals surface area contributed by atoms with Crippen molar-refractivity contribution in [2.45, 2.75) is 32.7 Å². The lowest BCUT2D eigenvalue weighted by molar-refractivity contribution is -0.111. The molecule has 0 radical (unpaired) electrons. The molecule has 2 heterocycles. The van der Waals surface area contributed by atoms with E-state index in [1.807, 2.05) is 86.8 Å². The fourth-order valence-corrected chi connectivity index (χ4v) is 4.74. The number of hydrogen-bond acceptors (Lipinski definition) is 6. The first kappa shape index (κ1) is 28.7. The van der Waals surface area contributed by atoms with Gasteiger partial charge in [-0.25, -0.2) is 14.4 Å². The van der Waals surface area contributed by atoms with Crippen molar-refractivity contribution in [2.75, 3.05) is 42.3 Å². The van der Waals surface area contributed by atoms with Gasteiger partial charge in [0.25, 0.3) is 0 Å². The van der Waals surface area contributed by atoms with Crippen molar-refractivity contribution in [3.05, 3.63) is 85.6 Å². The Morgan fingerprint density at radius 1 is 1.02 bits per heavy atom. The Morgan fingerprint density at radius 3 is 2.48 bits per heavy atom. The molecule has 0 atom stereocenters. The molecule has 1 amide bonds. The van der Waals surface area contributed by atoms with E-state index in [2.05, 4.69) is 32.4 Å². The number of alkyl halides is 1. The molecule has 0 unspecified atom stereocenters. The number of anilines is 4. The van der Waals surface area contributed by atoms with E-state index in [9.17, 15) is 9.18 Å². The maximum Gasteiger partial charge on any atom is 0.247 e. The van der Waals surface area contributed by atoms with Crippen LogP contribution in [0.2, 0.25) is 0 Å². The number of amides is 1. The quantitative estimate of drug-likeness (QED) is 0.198. The number of benzene rings is 3. The van der Waals surface area contributed by atoms with Crippen molar-refractivity contribution >= 4 is 39.8 Å². The molecule has 40 heavy (non-hydrogen) atoms. The SMILES string of the molecule is C=CC(=O)Nc1cccc(-c2cccc3cnc(Nc4ccc(NC5CCN(CCF)CC5)cc4)nc23)c1.CC. The number of likely N-dealkylation sites (tertiary alicyclic amines) is 1. The second kappa shape index (κ2) is 14.2. The van der Waals surface area contributed by atoms with Crippen LogP contribution in [0, 0.1) is 0 Å². The summed E-state index contributed by atoms with van der Waals surface area (Å²) in [6.07, 6.45) is 5.08. The van der Waals surface area contributed by atoms with E-state index in [-0.39, 0.29) is 12.6 Å². The Balaban J connectivity index is 0.00000181. The summed E-state index contributed by atoms with van der Waals surface area (Å²) in [5.74, 6) is 0.246. The molecule has 1 aromatic heterocycles. The lowest BCUT2D eigenvalue weighted by Gasteiger charge is -2.32. The molecule has 0 spiro atoms. The lowest BCUT2D eigenvalue weighted by atomic mass is 10.0. The van der Waals surface area contributed by atoms with Crippen molar-refractivity contribution < 1.29 is 9.18 Å². The smallest absolute Gasteiger partial charge is 0.247 e. The van der Waals surface area contributed by atoms with Gasteiger partial charge in [-0.15, -0.1) is 0 Å². The van der Waals surface area contributed by atoms with Gasteiger partial charge >= 0.3 is 0 Å². The molecule has 3 N–H and O–H groups in total. The number of nitrogens with zero attached hydrogens (tertiary/aromatic N) is 3. The summed E-state index contributed by atoms with van der Waals surface area (Å²) < 4.78 is 12.6. The molecule has 0 bridgehead atoms. The molecule has 3 aromatic carbocycles. The van der Waals surface area contributed by atoms with Gasteiger partial charge in [0.1, 0.15) is 6.67 Å². The monoisotopic (exact) mass is 540 g/mol. The number of carbonyl (C=O) groups is 1. The summed E-state index contributed by atoms with van der Waals surface area (Å²) >= 11 is 0. The van der Waals surface area contributed by atoms with Gasteiger partial charge < -0.3 is 20.9 Å². The molecule has 208 valence electrons. The molecule has 8 heteroatoms. The Hall–Kier alpha value is -4.30. The molecule has 1 saturated heterocycles. The molecule has 0 aliphatic carbocycles. The Morgan fingerprint density at radius 2 is 1.75 bits per heavy atom. The molecule has 1 aliphatic rings. The van der Waals surface area contributed by atoms with Crippen LogP contribution < -0.4 is 16.0 Å². The van der Waals surface area contributed by atoms with Crippen LogP contribution >= 0.6 is 0 Å². The maximum absolute atomic E-state index is 12.6. The van der Waals surface area contributed by atoms with Gasteiger partial charge in [-0.2, -0.15) is 0 Å². The number of para-hydroxylation sites is 1. The third kappa shape index (κ3) is 7.42. The highest BCUT2D eigenvalue weighted by Gasteiger charge is 2.18. The van der Waals surface area contributed by atoms with Crippen molar-refractivity contribution in [2.24, 2.45) is 0 Å². The van der Waals surface area contributed by atoms with Gasteiger partial charge in [-0.3, -0.25) is 4.79 Å². The van der Waals surface area contributed by atoms with Crippen molar-refractivity contribution in [1.82, 2.24) is 14.9 Å². The number of nitrogens with one attached hydrogen (secondary N) is 3. The average molecular weight is 541 g/mol. The second-order valence-corrected chi connectivity index (χ2v) is 9.36. The lowest BCUT2D eigenvalue weighted by Crippen LogP contribution is -2.39. The predicted octanol–water partition coefficient (Wildman–Crippen LogP) is 7.04. The fraction of sp³-hybridized carbons (Fsp3) is 0.281. The standard InChI is InChI=1S/C30H31FN6O.C2H6/c1-2-28(38)34-26-7-3-5-21(19-26)27-8-4-6-22-20-32-30(36-29(22)27)35-24-11-9-23(10-12-24)33-25-13-16-37(17-14-25)18-15-31;1-2/h2-12,19-20,25,33H,1,13-18H2,(H,34,38)(H,32,35,36);1-2H3. The molecule has 5 rings (SSSR count). The summed E-state index contributed by atoms with van der Waals surface area (Å²) in [5.41, 5.74) is 5.34. The number of rotatable bonds is 9. The minimum atomic E-state index is -0.280. The maximum atomic E-state index is 12.6. The number of carbonyl (C=O) groups excluding carboxylic acids is 1. The van der Waals surface area contributed by atoms with E-state index in [0.717, 1.165) is 59.3 Å². The van der Waals surface area contributed by atoms with Gasteiger partial charge in [-0.1, -0.05) is 50.8 Å². The van der Waals surface area contributed by atoms with Crippen molar-refractivity contribution in [1.29, 1.82) is 0 Å². The molecule has 4 aromatic rings. The van der Waals surface area contributed by atoms with E-state index in [4.69, 9.17) is 4.98 Å². The summed E-state index contributed by atoms with van der Waals surface area (Å²) in [7, 11) is 0. The van der Waals surface area contributed by atoms with Gasteiger partial charge in [0.15, 0.2) is 0 Å². The normalized spacial score (nSPS) is 13.7. The minimum absolute atomic E-state index is 0.255. The number of aromatic nitrogens is 2. The van der Waals surface area contributed by atoms with Gasteiger partial charge in [0.2, 0.25) is 11.9 Å². The largest absolute Gasteiger partial charge is 0.382 e. The zero-order chi connectivity index (χ0) is 28.3.